The molecule has 0 aliphatic carbocycles. The molecule has 2 nitrogen and oxygen atoms in total. The highest BCUT2D eigenvalue weighted by Crippen LogP contribution is 2.12. The Kier molecular flexibility index (Phi) is 1.59. The fourth-order valence-corrected chi connectivity index (χ4v) is 1.16. The first-order valence-electron chi connectivity index (χ1n) is 3.62. The Labute approximate surface area is 69.9 Å². The standard InChI is InChI=1S/C10H6NO/c12-7-9-4-1-3-8-5-2-6-11-10(8)9/h1-4,6-7H. The van der Waals surface area contributed by atoms with Crippen LogP contribution in [0.25, 0.3) is 10.9 Å². The summed E-state index contributed by atoms with van der Waals surface area (Å²) >= 11 is 0. The van der Waals surface area contributed by atoms with E-state index in [0.29, 0.717) is 5.56 Å². The Morgan fingerprint density at radius 2 is 2.33 bits per heavy atom. The van der Waals surface area contributed by atoms with Crippen LogP contribution in [0.4, 0.5) is 0 Å². The summed E-state index contributed by atoms with van der Waals surface area (Å²) in [5, 5.41) is 0.877. The first-order valence-corrected chi connectivity index (χ1v) is 3.62. The normalized spacial score (nSPS) is 10.0. The zero-order valence-electron chi connectivity index (χ0n) is 6.32. The van der Waals surface area contributed by atoms with Crippen LogP contribution in [0.1, 0.15) is 10.4 Å². The quantitative estimate of drug-likeness (QED) is 0.590. The van der Waals surface area contributed by atoms with Gasteiger partial charge in [-0.2, -0.15) is 0 Å². The molecule has 0 aliphatic heterocycles. The molecular weight excluding hydrogens is 150 g/mol. The van der Waals surface area contributed by atoms with E-state index < -0.39 is 0 Å². The van der Waals surface area contributed by atoms with Crippen molar-refractivity contribution in [2.45, 2.75) is 0 Å². The monoisotopic (exact) mass is 156 g/mol. The summed E-state index contributed by atoms with van der Waals surface area (Å²) in [6.45, 7) is 0. The Balaban J connectivity index is 2.88. The van der Waals surface area contributed by atoms with Gasteiger partial charge in [-0.15, -0.1) is 0 Å². The average Bonchev–Trinajstić information content (AvgIpc) is 2.17. The molecule has 1 heterocycles. The third kappa shape index (κ3) is 0.975. The molecule has 0 saturated heterocycles. The van der Waals surface area contributed by atoms with Crippen LogP contribution < -0.4 is 0 Å². The fourth-order valence-electron chi connectivity index (χ4n) is 1.16. The van der Waals surface area contributed by atoms with Crippen LogP contribution in [-0.4, -0.2) is 11.3 Å². The Hall–Kier alpha value is -1.70. The number of aromatic nitrogens is 1. The number of carbonyl (C=O) groups excluding carboxylic acids is 1. The van der Waals surface area contributed by atoms with Gasteiger partial charge in [0.2, 0.25) is 0 Å². The maximum atomic E-state index is 10.6. The lowest BCUT2D eigenvalue weighted by molar-refractivity contribution is 0.112. The topological polar surface area (TPSA) is 30.0 Å². The van der Waals surface area contributed by atoms with E-state index in [1.807, 2.05) is 12.1 Å². The molecule has 1 radical (unpaired) electrons. The molecule has 0 amide bonds. The molecule has 0 aliphatic rings. The molecule has 0 spiro atoms. The molecule has 1 aromatic heterocycles. The van der Waals surface area contributed by atoms with Gasteiger partial charge in [-0.25, -0.2) is 0 Å². The minimum absolute atomic E-state index is 0.615. The van der Waals surface area contributed by atoms with Crippen molar-refractivity contribution in [3.8, 4) is 0 Å². The zero-order chi connectivity index (χ0) is 8.39. The van der Waals surface area contributed by atoms with Crippen molar-refractivity contribution in [2.75, 3.05) is 0 Å². The van der Waals surface area contributed by atoms with Gasteiger partial charge in [0.15, 0.2) is 6.29 Å². The molecule has 57 valence electrons. The smallest absolute Gasteiger partial charge is 0.152 e. The number of hydrogen-bond acceptors (Lipinski definition) is 2. The average molecular weight is 156 g/mol. The summed E-state index contributed by atoms with van der Waals surface area (Å²) < 4.78 is 0. The van der Waals surface area contributed by atoms with Crippen molar-refractivity contribution in [3.05, 3.63) is 42.1 Å². The number of nitrogens with zero attached hydrogens (tertiary/aromatic N) is 1. The molecule has 2 aromatic rings. The lowest BCUT2D eigenvalue weighted by atomic mass is 10.1. The van der Waals surface area contributed by atoms with Gasteiger partial charge in [0.25, 0.3) is 0 Å². The van der Waals surface area contributed by atoms with Crippen LogP contribution in [0, 0.1) is 6.07 Å². The molecule has 0 bridgehead atoms. The SMILES string of the molecule is O=Cc1cccc2[c]ccnc12. The maximum Gasteiger partial charge on any atom is 0.152 e. The fraction of sp³-hybridized carbons (Fsp3) is 0. The highest BCUT2D eigenvalue weighted by molar-refractivity contribution is 5.94. The van der Waals surface area contributed by atoms with Crippen molar-refractivity contribution < 1.29 is 4.79 Å². The van der Waals surface area contributed by atoms with Gasteiger partial charge in [-0.05, 0) is 18.2 Å². The summed E-state index contributed by atoms with van der Waals surface area (Å²) in [4.78, 5) is 14.7. The van der Waals surface area contributed by atoms with Crippen molar-refractivity contribution in [1.82, 2.24) is 4.98 Å². The number of fused-ring (bicyclic) bond motifs is 1. The molecular formula is C10H6NO. The van der Waals surface area contributed by atoms with Crippen LogP contribution in [-0.2, 0) is 0 Å². The summed E-state index contributed by atoms with van der Waals surface area (Å²) in [5.41, 5.74) is 1.33. The molecule has 0 unspecified atom stereocenters. The van der Waals surface area contributed by atoms with E-state index in [9.17, 15) is 4.79 Å². The van der Waals surface area contributed by atoms with Gasteiger partial charge in [0.1, 0.15) is 0 Å². The van der Waals surface area contributed by atoms with E-state index in [4.69, 9.17) is 0 Å². The molecule has 12 heavy (non-hydrogen) atoms. The van der Waals surface area contributed by atoms with Crippen molar-refractivity contribution in [1.29, 1.82) is 0 Å². The van der Waals surface area contributed by atoms with Gasteiger partial charge in [0, 0.05) is 17.1 Å². The first kappa shape index (κ1) is 6.98. The molecule has 0 fully saturated rings. The predicted octanol–water partition coefficient (Wildman–Crippen LogP) is 1.85. The van der Waals surface area contributed by atoms with Gasteiger partial charge in [0.05, 0.1) is 5.52 Å². The Bertz CT molecular complexity index is 418. The maximum absolute atomic E-state index is 10.6. The summed E-state index contributed by atoms with van der Waals surface area (Å²) in [5.74, 6) is 0. The number of rotatable bonds is 1. The Morgan fingerprint density at radius 1 is 1.42 bits per heavy atom. The van der Waals surface area contributed by atoms with Gasteiger partial charge in [-0.3, -0.25) is 9.78 Å². The predicted molar refractivity (Wildman–Crippen MR) is 46.0 cm³/mol. The lowest BCUT2D eigenvalue weighted by Gasteiger charge is -1.96. The summed E-state index contributed by atoms with van der Waals surface area (Å²) in [7, 11) is 0. The molecule has 2 rings (SSSR count). The number of aldehydes is 1. The number of pyridine rings is 1. The van der Waals surface area contributed by atoms with Crippen LogP contribution >= 0.6 is 0 Å². The van der Waals surface area contributed by atoms with E-state index in [1.54, 1.807) is 18.3 Å². The molecule has 0 atom stereocenters. The highest BCUT2D eigenvalue weighted by atomic mass is 16.1. The van der Waals surface area contributed by atoms with Gasteiger partial charge in [-0.1, -0.05) is 12.1 Å². The zero-order valence-corrected chi connectivity index (χ0v) is 6.32. The lowest BCUT2D eigenvalue weighted by Crippen LogP contribution is -1.85. The highest BCUT2D eigenvalue weighted by Gasteiger charge is 1.98. The number of para-hydroxylation sites is 1. The van der Waals surface area contributed by atoms with Crippen LogP contribution in [0.2, 0.25) is 0 Å². The van der Waals surface area contributed by atoms with E-state index in [0.717, 1.165) is 17.2 Å². The second-order valence-electron chi connectivity index (χ2n) is 2.45. The molecule has 0 saturated carbocycles. The van der Waals surface area contributed by atoms with Crippen molar-refractivity contribution >= 4 is 17.2 Å². The number of carbonyl (C=O) groups is 1. The van der Waals surface area contributed by atoms with E-state index in [-0.39, 0.29) is 0 Å². The Morgan fingerprint density at radius 3 is 3.17 bits per heavy atom. The van der Waals surface area contributed by atoms with Crippen LogP contribution in [0.5, 0.6) is 0 Å². The second kappa shape index (κ2) is 2.74. The largest absolute Gasteiger partial charge is 0.298 e. The molecule has 0 N–H and O–H groups in total. The third-order valence-corrected chi connectivity index (χ3v) is 1.71. The summed E-state index contributed by atoms with van der Waals surface area (Å²) in [6.07, 6.45) is 2.44. The third-order valence-electron chi connectivity index (χ3n) is 1.71. The van der Waals surface area contributed by atoms with Gasteiger partial charge < -0.3 is 0 Å². The second-order valence-corrected chi connectivity index (χ2v) is 2.45. The van der Waals surface area contributed by atoms with Crippen LogP contribution in [0.3, 0.4) is 0 Å². The van der Waals surface area contributed by atoms with Crippen LogP contribution in [0.15, 0.2) is 30.5 Å². The molecule has 2 heteroatoms. The summed E-state index contributed by atoms with van der Waals surface area (Å²) in [6, 6.07) is 10.2. The van der Waals surface area contributed by atoms with Crippen molar-refractivity contribution in [3.63, 3.8) is 0 Å². The van der Waals surface area contributed by atoms with Crippen molar-refractivity contribution in [2.24, 2.45) is 0 Å². The first-order chi connectivity index (χ1) is 5.92. The van der Waals surface area contributed by atoms with E-state index in [1.165, 1.54) is 0 Å². The number of hydrogen-bond donors (Lipinski definition) is 0. The minimum atomic E-state index is 0.615. The van der Waals surface area contributed by atoms with E-state index in [2.05, 4.69) is 11.1 Å². The number of benzene rings is 1. The van der Waals surface area contributed by atoms with Gasteiger partial charge >= 0.3 is 0 Å². The minimum Gasteiger partial charge on any atom is -0.298 e. The van der Waals surface area contributed by atoms with E-state index >= 15 is 0 Å². The molecule has 1 aromatic carbocycles.